The van der Waals surface area contributed by atoms with E-state index >= 15 is 0 Å². The minimum atomic E-state index is -0.351. The lowest BCUT2D eigenvalue weighted by Gasteiger charge is -2.13. The number of amides is 1. The number of carbonyl (C=O) groups is 1. The quantitative estimate of drug-likeness (QED) is 0.902. The first-order chi connectivity index (χ1) is 7.57. The van der Waals surface area contributed by atoms with E-state index in [9.17, 15) is 4.79 Å². The fourth-order valence-electron chi connectivity index (χ4n) is 1.52. The molecule has 1 aromatic carbocycles. The Morgan fingerprint density at radius 3 is 2.75 bits per heavy atom. The highest BCUT2D eigenvalue weighted by Crippen LogP contribution is 2.45. The molecule has 1 aliphatic rings. The number of hydrogen-bond donors (Lipinski definition) is 2. The number of anilines is 1. The molecule has 1 aliphatic carbocycles. The second kappa shape index (κ2) is 4.35. The van der Waals surface area contributed by atoms with Gasteiger partial charge in [-0.05, 0) is 31.0 Å². The van der Waals surface area contributed by atoms with Crippen molar-refractivity contribution in [3.8, 4) is 0 Å². The summed E-state index contributed by atoms with van der Waals surface area (Å²) < 4.78 is 0.885. The van der Waals surface area contributed by atoms with Crippen LogP contribution in [0.3, 0.4) is 0 Å². The molecule has 0 aliphatic heterocycles. The van der Waals surface area contributed by atoms with E-state index in [1.807, 2.05) is 6.07 Å². The molecule has 3 nitrogen and oxygen atoms in total. The van der Waals surface area contributed by atoms with Crippen LogP contribution in [0.5, 0.6) is 0 Å². The molecule has 2 rings (SSSR count). The van der Waals surface area contributed by atoms with E-state index in [-0.39, 0.29) is 11.3 Å². The third-order valence-corrected chi connectivity index (χ3v) is 3.71. The first-order valence-electron chi connectivity index (χ1n) is 5.04. The summed E-state index contributed by atoms with van der Waals surface area (Å²) in [4.78, 5) is 11.9. The van der Waals surface area contributed by atoms with Crippen molar-refractivity contribution in [1.82, 2.24) is 0 Å². The first-order valence-corrected chi connectivity index (χ1v) is 6.21. The lowest BCUT2D eigenvalue weighted by molar-refractivity contribution is -0.120. The van der Waals surface area contributed by atoms with Crippen LogP contribution < -0.4 is 11.1 Å². The smallest absolute Gasteiger partial charge is 0.231 e. The Labute approximate surface area is 107 Å². The lowest BCUT2D eigenvalue weighted by Crippen LogP contribution is -2.30. The van der Waals surface area contributed by atoms with E-state index in [0.717, 1.165) is 17.3 Å². The summed E-state index contributed by atoms with van der Waals surface area (Å²) in [6.07, 6.45) is 1.73. The maximum atomic E-state index is 11.9. The van der Waals surface area contributed by atoms with Gasteiger partial charge in [0.1, 0.15) is 0 Å². The van der Waals surface area contributed by atoms with Crippen molar-refractivity contribution < 1.29 is 4.79 Å². The summed E-state index contributed by atoms with van der Waals surface area (Å²) in [5.74, 6) is -0.0285. The van der Waals surface area contributed by atoms with E-state index < -0.39 is 0 Å². The molecule has 0 aromatic heterocycles. The largest absolute Gasteiger partial charge is 0.329 e. The van der Waals surface area contributed by atoms with Crippen LogP contribution in [0.4, 0.5) is 5.69 Å². The first kappa shape index (κ1) is 11.9. The average Bonchev–Trinajstić information content (AvgIpc) is 3.03. The summed E-state index contributed by atoms with van der Waals surface area (Å²) >= 11 is 9.32. The summed E-state index contributed by atoms with van der Waals surface area (Å²) in [6.45, 7) is 0.396. The van der Waals surface area contributed by atoms with Gasteiger partial charge in [0.2, 0.25) is 5.91 Å². The number of halogens is 2. The van der Waals surface area contributed by atoms with Gasteiger partial charge in [-0.3, -0.25) is 4.79 Å². The third-order valence-electron chi connectivity index (χ3n) is 2.91. The molecular formula is C11H12BrClN2O. The van der Waals surface area contributed by atoms with Gasteiger partial charge in [0.05, 0.1) is 16.1 Å². The van der Waals surface area contributed by atoms with Crippen molar-refractivity contribution in [3.63, 3.8) is 0 Å². The highest BCUT2D eigenvalue weighted by atomic mass is 79.9. The van der Waals surface area contributed by atoms with Crippen molar-refractivity contribution in [2.45, 2.75) is 12.8 Å². The SMILES string of the molecule is NCC1(C(=O)Nc2ccc(Br)cc2Cl)CC1. The summed E-state index contributed by atoms with van der Waals surface area (Å²) in [5, 5.41) is 3.34. The van der Waals surface area contributed by atoms with Crippen LogP contribution in [0.2, 0.25) is 5.02 Å². The molecule has 1 aromatic rings. The molecule has 3 N–H and O–H groups in total. The van der Waals surface area contributed by atoms with Gasteiger partial charge in [-0.25, -0.2) is 0 Å². The van der Waals surface area contributed by atoms with Crippen LogP contribution in [0.25, 0.3) is 0 Å². The van der Waals surface area contributed by atoms with Gasteiger partial charge in [-0.1, -0.05) is 27.5 Å². The van der Waals surface area contributed by atoms with Gasteiger partial charge in [-0.15, -0.1) is 0 Å². The Balaban J connectivity index is 2.12. The third kappa shape index (κ3) is 2.24. The van der Waals surface area contributed by atoms with Gasteiger partial charge in [0.15, 0.2) is 0 Å². The standard InChI is InChI=1S/C11H12BrClN2O/c12-7-1-2-9(8(13)5-7)15-10(16)11(6-14)3-4-11/h1-2,5H,3-4,6,14H2,(H,15,16). The fourth-order valence-corrected chi connectivity index (χ4v) is 2.24. The summed E-state index contributed by atoms with van der Waals surface area (Å²) in [5.41, 5.74) is 5.87. The lowest BCUT2D eigenvalue weighted by atomic mass is 10.1. The van der Waals surface area contributed by atoms with E-state index in [0.29, 0.717) is 17.3 Å². The number of benzene rings is 1. The Hall–Kier alpha value is -0.580. The minimum absolute atomic E-state index is 0.0285. The Morgan fingerprint density at radius 1 is 1.56 bits per heavy atom. The predicted molar refractivity (Wildman–Crippen MR) is 68.5 cm³/mol. The maximum absolute atomic E-state index is 11.9. The average molecular weight is 304 g/mol. The van der Waals surface area contributed by atoms with Gasteiger partial charge in [0, 0.05) is 11.0 Å². The number of nitrogens with one attached hydrogen (secondary N) is 1. The molecule has 0 unspecified atom stereocenters. The van der Waals surface area contributed by atoms with Crippen molar-refractivity contribution in [1.29, 1.82) is 0 Å². The fraction of sp³-hybridized carbons (Fsp3) is 0.364. The number of rotatable bonds is 3. The number of nitrogens with two attached hydrogens (primary N) is 1. The predicted octanol–water partition coefficient (Wildman–Crippen LogP) is 2.78. The van der Waals surface area contributed by atoms with Crippen LogP contribution in [0, 0.1) is 5.41 Å². The van der Waals surface area contributed by atoms with E-state index in [1.54, 1.807) is 12.1 Å². The van der Waals surface area contributed by atoms with Crippen molar-refractivity contribution in [3.05, 3.63) is 27.7 Å². The molecule has 1 fully saturated rings. The molecule has 86 valence electrons. The number of carbonyl (C=O) groups excluding carboxylic acids is 1. The van der Waals surface area contributed by atoms with Crippen LogP contribution in [-0.2, 0) is 4.79 Å². The van der Waals surface area contributed by atoms with Crippen LogP contribution in [0.1, 0.15) is 12.8 Å². The molecule has 0 heterocycles. The topological polar surface area (TPSA) is 55.1 Å². The monoisotopic (exact) mass is 302 g/mol. The highest BCUT2D eigenvalue weighted by molar-refractivity contribution is 9.10. The maximum Gasteiger partial charge on any atom is 0.231 e. The Bertz CT molecular complexity index is 432. The zero-order valence-corrected chi connectivity index (χ0v) is 10.9. The van der Waals surface area contributed by atoms with Crippen molar-refractivity contribution >= 4 is 39.1 Å². The van der Waals surface area contributed by atoms with Crippen molar-refractivity contribution in [2.75, 3.05) is 11.9 Å². The van der Waals surface area contributed by atoms with Crippen LogP contribution in [-0.4, -0.2) is 12.5 Å². The Morgan fingerprint density at radius 2 is 2.25 bits per heavy atom. The second-order valence-electron chi connectivity index (χ2n) is 4.06. The Kier molecular flexibility index (Phi) is 3.24. The summed E-state index contributed by atoms with van der Waals surface area (Å²) in [7, 11) is 0. The van der Waals surface area contributed by atoms with Gasteiger partial charge >= 0.3 is 0 Å². The van der Waals surface area contributed by atoms with E-state index in [4.69, 9.17) is 17.3 Å². The normalized spacial score (nSPS) is 16.9. The summed E-state index contributed by atoms with van der Waals surface area (Å²) in [6, 6.07) is 5.36. The molecule has 0 atom stereocenters. The molecular weight excluding hydrogens is 291 g/mol. The van der Waals surface area contributed by atoms with Gasteiger partial charge in [0.25, 0.3) is 0 Å². The van der Waals surface area contributed by atoms with Crippen LogP contribution in [0.15, 0.2) is 22.7 Å². The molecule has 0 spiro atoms. The molecule has 5 heteroatoms. The molecule has 0 radical (unpaired) electrons. The molecule has 1 amide bonds. The van der Waals surface area contributed by atoms with Gasteiger partial charge in [-0.2, -0.15) is 0 Å². The van der Waals surface area contributed by atoms with Crippen molar-refractivity contribution in [2.24, 2.45) is 11.1 Å². The molecule has 0 saturated heterocycles. The minimum Gasteiger partial charge on any atom is -0.329 e. The molecule has 0 bridgehead atoms. The molecule has 16 heavy (non-hydrogen) atoms. The zero-order chi connectivity index (χ0) is 11.8. The number of hydrogen-bond acceptors (Lipinski definition) is 2. The molecule has 1 saturated carbocycles. The van der Waals surface area contributed by atoms with E-state index in [1.165, 1.54) is 0 Å². The second-order valence-corrected chi connectivity index (χ2v) is 5.39. The van der Waals surface area contributed by atoms with E-state index in [2.05, 4.69) is 21.2 Å². The van der Waals surface area contributed by atoms with Gasteiger partial charge < -0.3 is 11.1 Å². The van der Waals surface area contributed by atoms with Crippen LogP contribution >= 0.6 is 27.5 Å². The highest BCUT2D eigenvalue weighted by Gasteiger charge is 2.48. The zero-order valence-electron chi connectivity index (χ0n) is 8.59.